The predicted octanol–water partition coefficient (Wildman–Crippen LogP) is 5.38. The van der Waals surface area contributed by atoms with Gasteiger partial charge in [-0.3, -0.25) is 14.5 Å². The molecule has 0 saturated carbocycles. The summed E-state index contributed by atoms with van der Waals surface area (Å²) in [6.45, 7) is -0.0983. The lowest BCUT2D eigenvalue weighted by molar-refractivity contribution is -0.131. The van der Waals surface area contributed by atoms with Crippen molar-refractivity contribution in [2.75, 3.05) is 20.7 Å². The van der Waals surface area contributed by atoms with E-state index in [0.29, 0.717) is 34.3 Å². The van der Waals surface area contributed by atoms with E-state index in [1.807, 2.05) is 48.5 Å². The number of imide groups is 1. The summed E-state index contributed by atoms with van der Waals surface area (Å²) in [5, 5.41) is 3.39. The van der Waals surface area contributed by atoms with Crippen molar-refractivity contribution in [1.29, 1.82) is 0 Å². The van der Waals surface area contributed by atoms with Gasteiger partial charge >= 0.3 is 6.03 Å². The first-order valence-corrected chi connectivity index (χ1v) is 14.3. The molecule has 4 aromatic rings. The molecule has 9 nitrogen and oxygen atoms in total. The number of halogens is 2. The second-order valence-electron chi connectivity index (χ2n) is 9.75. The third kappa shape index (κ3) is 6.38. The van der Waals surface area contributed by atoms with Gasteiger partial charge in [0.05, 0.1) is 16.9 Å². The summed E-state index contributed by atoms with van der Waals surface area (Å²) < 4.78 is 6.54. The lowest BCUT2D eigenvalue weighted by Gasteiger charge is -2.24. The second-order valence-corrected chi connectivity index (χ2v) is 11.4. The van der Waals surface area contributed by atoms with E-state index in [9.17, 15) is 14.4 Å². The first kappa shape index (κ1) is 28.6. The number of ether oxygens (including phenoxy) is 1. The first-order valence-electron chi connectivity index (χ1n) is 12.8. The van der Waals surface area contributed by atoms with E-state index in [0.717, 1.165) is 14.7 Å². The number of H-pyrrole nitrogens is 1. The standard InChI is InChI=1S/C30H27ClIN5O4/c1-36(2)26(38)17-41-21-11-8-19(9-12-21)27-29(39)37(30(40)35-27)25(14-18-6-4-3-5-7-18)28-33-16-24(34-28)22-13-10-20(32)15-23(22)31/h3-13,15-16,25,27H,14,17H2,1-2H3,(H,33,34)(H,35,40)/t25-,27+/m0/s1. The number of carbonyl (C=O) groups is 3. The van der Waals surface area contributed by atoms with Crippen molar-refractivity contribution in [2.24, 2.45) is 0 Å². The highest BCUT2D eigenvalue weighted by atomic mass is 127. The van der Waals surface area contributed by atoms with Gasteiger partial charge in [0, 0.05) is 29.6 Å². The van der Waals surface area contributed by atoms with Gasteiger partial charge in [-0.1, -0.05) is 60.1 Å². The van der Waals surface area contributed by atoms with Crippen LogP contribution in [0.25, 0.3) is 11.3 Å². The van der Waals surface area contributed by atoms with Crippen LogP contribution in [-0.2, 0) is 16.0 Å². The zero-order valence-electron chi connectivity index (χ0n) is 22.3. The molecule has 0 radical (unpaired) electrons. The molecule has 0 spiro atoms. The molecule has 2 N–H and O–H groups in total. The number of likely N-dealkylation sites (N-methyl/N-ethyl adjacent to an activating group) is 1. The minimum absolute atomic E-state index is 0.0983. The van der Waals surface area contributed by atoms with Crippen molar-refractivity contribution in [3.8, 4) is 17.0 Å². The molecule has 2 heterocycles. The Hall–Kier alpha value is -3.90. The van der Waals surface area contributed by atoms with E-state index in [-0.39, 0.29) is 12.5 Å². The minimum Gasteiger partial charge on any atom is -0.484 e. The summed E-state index contributed by atoms with van der Waals surface area (Å²) in [6.07, 6.45) is 2.03. The third-order valence-corrected chi connectivity index (χ3v) is 7.75. The minimum atomic E-state index is -0.877. The number of nitrogens with zero attached hydrogens (tertiary/aromatic N) is 3. The lowest BCUT2D eigenvalue weighted by atomic mass is 10.0. The number of benzene rings is 3. The van der Waals surface area contributed by atoms with Crippen molar-refractivity contribution in [1.82, 2.24) is 25.1 Å². The number of rotatable bonds is 9. The monoisotopic (exact) mass is 683 g/mol. The molecule has 4 amide bonds. The number of amides is 4. The van der Waals surface area contributed by atoms with E-state index in [1.165, 1.54) is 9.80 Å². The third-order valence-electron chi connectivity index (χ3n) is 6.76. The quantitative estimate of drug-likeness (QED) is 0.182. The van der Waals surface area contributed by atoms with E-state index in [1.54, 1.807) is 44.6 Å². The van der Waals surface area contributed by atoms with Gasteiger partial charge in [-0.2, -0.15) is 0 Å². The van der Waals surface area contributed by atoms with Gasteiger partial charge in [0.15, 0.2) is 6.61 Å². The Morgan fingerprint density at radius 2 is 1.83 bits per heavy atom. The Morgan fingerprint density at radius 1 is 1.10 bits per heavy atom. The Bertz CT molecular complexity index is 1580. The molecule has 5 rings (SSSR count). The summed E-state index contributed by atoms with van der Waals surface area (Å²) in [5.74, 6) is 0.393. The van der Waals surface area contributed by atoms with Crippen LogP contribution in [0.1, 0.15) is 29.0 Å². The van der Waals surface area contributed by atoms with Gasteiger partial charge in [0.1, 0.15) is 23.7 Å². The summed E-state index contributed by atoms with van der Waals surface area (Å²) in [6, 6.07) is 20.0. The normalized spacial score (nSPS) is 15.5. The number of hydrogen-bond donors (Lipinski definition) is 2. The molecular formula is C30H27ClIN5O4. The lowest BCUT2D eigenvalue weighted by Crippen LogP contribution is -2.36. The summed E-state index contributed by atoms with van der Waals surface area (Å²) in [7, 11) is 3.31. The molecule has 1 aliphatic rings. The maximum atomic E-state index is 13.8. The molecule has 1 saturated heterocycles. The summed E-state index contributed by atoms with van der Waals surface area (Å²) >= 11 is 8.69. The van der Waals surface area contributed by atoms with Gasteiger partial charge in [-0.15, -0.1) is 0 Å². The molecule has 1 aliphatic heterocycles. The molecule has 3 aromatic carbocycles. The highest BCUT2D eigenvalue weighted by molar-refractivity contribution is 14.1. The fourth-order valence-electron chi connectivity index (χ4n) is 4.54. The van der Waals surface area contributed by atoms with Gasteiger partial charge in [-0.05, 0) is 58.0 Å². The van der Waals surface area contributed by atoms with Gasteiger partial charge in [-0.25, -0.2) is 9.78 Å². The molecule has 11 heteroatoms. The number of carbonyl (C=O) groups excluding carboxylic acids is 3. The molecule has 210 valence electrons. The second kappa shape index (κ2) is 12.3. The SMILES string of the molecule is CN(C)C(=O)COc1ccc([C@H]2NC(=O)N([C@@H](Cc3ccccc3)c3ncc(-c4ccc(I)cc4Cl)[nH]3)C2=O)cc1. The average Bonchev–Trinajstić information content (AvgIpc) is 3.55. The predicted molar refractivity (Wildman–Crippen MR) is 163 cm³/mol. The maximum Gasteiger partial charge on any atom is 0.325 e. The topological polar surface area (TPSA) is 108 Å². The van der Waals surface area contributed by atoms with Crippen molar-refractivity contribution < 1.29 is 19.1 Å². The van der Waals surface area contributed by atoms with Crippen molar-refractivity contribution >= 4 is 52.0 Å². The number of imidazole rings is 1. The van der Waals surface area contributed by atoms with Crippen LogP contribution in [0.5, 0.6) is 5.75 Å². The Kier molecular flexibility index (Phi) is 8.60. The largest absolute Gasteiger partial charge is 0.484 e. The highest BCUT2D eigenvalue weighted by Gasteiger charge is 2.44. The van der Waals surface area contributed by atoms with Crippen molar-refractivity contribution in [2.45, 2.75) is 18.5 Å². The zero-order valence-corrected chi connectivity index (χ0v) is 25.2. The molecule has 1 aromatic heterocycles. The van der Waals surface area contributed by atoms with Gasteiger partial charge in [0.2, 0.25) is 0 Å². The number of urea groups is 1. The van der Waals surface area contributed by atoms with Crippen LogP contribution in [-0.4, -0.2) is 58.3 Å². The van der Waals surface area contributed by atoms with Crippen LogP contribution in [0.3, 0.4) is 0 Å². The average molecular weight is 684 g/mol. The molecule has 0 unspecified atom stereocenters. The molecule has 0 aliphatic carbocycles. The van der Waals surface area contributed by atoms with Crippen LogP contribution in [0.2, 0.25) is 5.02 Å². The Morgan fingerprint density at radius 3 is 2.51 bits per heavy atom. The zero-order chi connectivity index (χ0) is 29.1. The Balaban J connectivity index is 1.41. The van der Waals surface area contributed by atoms with Crippen LogP contribution >= 0.6 is 34.2 Å². The van der Waals surface area contributed by atoms with E-state index in [4.69, 9.17) is 16.3 Å². The van der Waals surface area contributed by atoms with Crippen LogP contribution in [0, 0.1) is 3.57 Å². The fraction of sp³-hybridized carbons (Fsp3) is 0.200. The van der Waals surface area contributed by atoms with Crippen molar-refractivity contribution in [3.05, 3.63) is 105 Å². The number of aromatic nitrogens is 2. The summed E-state index contributed by atoms with van der Waals surface area (Å²) in [4.78, 5) is 49.5. The number of nitrogens with one attached hydrogen (secondary N) is 2. The molecule has 41 heavy (non-hydrogen) atoms. The number of hydrogen-bond acceptors (Lipinski definition) is 5. The van der Waals surface area contributed by atoms with Crippen LogP contribution in [0.4, 0.5) is 4.79 Å². The van der Waals surface area contributed by atoms with Crippen LogP contribution < -0.4 is 10.1 Å². The van der Waals surface area contributed by atoms with Crippen molar-refractivity contribution in [3.63, 3.8) is 0 Å². The van der Waals surface area contributed by atoms with E-state index in [2.05, 4.69) is 37.9 Å². The molecular weight excluding hydrogens is 657 g/mol. The summed E-state index contributed by atoms with van der Waals surface area (Å²) in [5.41, 5.74) is 3.00. The van der Waals surface area contributed by atoms with Gasteiger partial charge in [0.25, 0.3) is 11.8 Å². The Labute approximate surface area is 256 Å². The van der Waals surface area contributed by atoms with E-state index < -0.39 is 24.0 Å². The molecule has 0 bridgehead atoms. The van der Waals surface area contributed by atoms with E-state index >= 15 is 0 Å². The number of aromatic amines is 1. The maximum absolute atomic E-state index is 13.8. The van der Waals surface area contributed by atoms with Crippen LogP contribution in [0.15, 0.2) is 79.0 Å². The fourth-order valence-corrected chi connectivity index (χ4v) is 5.50. The highest BCUT2D eigenvalue weighted by Crippen LogP contribution is 2.34. The smallest absolute Gasteiger partial charge is 0.325 e. The first-order chi connectivity index (χ1) is 19.7. The molecule has 1 fully saturated rings. The van der Waals surface area contributed by atoms with Gasteiger partial charge < -0.3 is 19.9 Å². The molecule has 2 atom stereocenters.